The second kappa shape index (κ2) is 3.55. The Morgan fingerprint density at radius 1 is 1.62 bits per heavy atom. The second-order valence-corrected chi connectivity index (χ2v) is 2.45. The number of amides is 1. The van der Waals surface area contributed by atoms with Crippen LogP contribution in [0.15, 0.2) is 12.3 Å². The van der Waals surface area contributed by atoms with Gasteiger partial charge in [-0.2, -0.15) is 5.01 Å². The van der Waals surface area contributed by atoms with Crippen LogP contribution in [-0.4, -0.2) is 33.9 Å². The molecule has 0 aromatic heterocycles. The molecule has 4 nitrogen and oxygen atoms in total. The normalized spacial score (nSPS) is 21.7. The number of hydrogen-bond donors (Lipinski definition) is 1. The summed E-state index contributed by atoms with van der Waals surface area (Å²) in [7, 11) is 0. The van der Waals surface area contributed by atoms with Gasteiger partial charge in [-0.15, -0.1) is 5.23 Å². The van der Waals surface area contributed by atoms with E-state index < -0.39 is 25.0 Å². The molecule has 7 heteroatoms. The molecule has 1 N–H and O–H groups in total. The van der Waals surface area contributed by atoms with Crippen LogP contribution in [0.5, 0.6) is 0 Å². The maximum atomic E-state index is 12.6. The van der Waals surface area contributed by atoms with Gasteiger partial charge in [-0.25, -0.2) is 13.6 Å². The summed E-state index contributed by atoms with van der Waals surface area (Å²) in [6.45, 7) is 0. The third-order valence-electron chi connectivity index (χ3n) is 1.57. The Balaban J connectivity index is 2.64. The van der Waals surface area contributed by atoms with Crippen molar-refractivity contribution in [1.29, 1.82) is 0 Å². The highest BCUT2D eigenvalue weighted by Crippen LogP contribution is 2.21. The van der Waals surface area contributed by atoms with Gasteiger partial charge in [0, 0.05) is 6.42 Å². The highest BCUT2D eigenvalue weighted by molar-refractivity contribution is 5.65. The van der Waals surface area contributed by atoms with Crippen LogP contribution in [0, 0.1) is 0 Å². The molecule has 0 spiro atoms. The van der Waals surface area contributed by atoms with E-state index in [1.54, 1.807) is 0 Å². The molecular formula is C6H7F3N2O2. The van der Waals surface area contributed by atoms with Crippen molar-refractivity contribution in [3.8, 4) is 0 Å². The van der Waals surface area contributed by atoms with Crippen molar-refractivity contribution in [3.63, 3.8) is 0 Å². The van der Waals surface area contributed by atoms with Crippen molar-refractivity contribution >= 4 is 6.09 Å². The fourth-order valence-electron chi connectivity index (χ4n) is 1.05. The van der Waals surface area contributed by atoms with Gasteiger partial charge in [0.2, 0.25) is 6.43 Å². The fraction of sp³-hybridized carbons (Fsp3) is 0.500. The minimum absolute atomic E-state index is 0.201. The van der Waals surface area contributed by atoms with Gasteiger partial charge in [0.05, 0.1) is 12.2 Å². The van der Waals surface area contributed by atoms with Crippen LogP contribution in [0.3, 0.4) is 0 Å². The predicted molar refractivity (Wildman–Crippen MR) is 36.4 cm³/mol. The van der Waals surface area contributed by atoms with Crippen LogP contribution in [0.25, 0.3) is 0 Å². The van der Waals surface area contributed by atoms with Crippen molar-refractivity contribution in [2.24, 2.45) is 0 Å². The summed E-state index contributed by atoms with van der Waals surface area (Å²) in [5.74, 6) is 0. The molecule has 0 fully saturated rings. The number of alkyl halides is 2. The average Bonchev–Trinajstić information content (AvgIpc) is 2.30. The summed E-state index contributed by atoms with van der Waals surface area (Å²) in [5.41, 5.74) is 0. The summed E-state index contributed by atoms with van der Waals surface area (Å²) in [6.07, 6.45) is -3.11. The largest absolute Gasteiger partial charge is 0.464 e. The molecule has 0 aromatic carbocycles. The summed E-state index contributed by atoms with van der Waals surface area (Å²) < 4.78 is 36.3. The molecule has 74 valence electrons. The van der Waals surface area contributed by atoms with Gasteiger partial charge in [0.15, 0.2) is 0 Å². The SMILES string of the molecule is O=C(O)N1C(CC(F)F)C=CN1F. The van der Waals surface area contributed by atoms with Crippen LogP contribution in [0.1, 0.15) is 6.42 Å². The van der Waals surface area contributed by atoms with Crippen molar-refractivity contribution in [3.05, 3.63) is 12.3 Å². The summed E-state index contributed by atoms with van der Waals surface area (Å²) in [4.78, 5) is 10.4. The second-order valence-electron chi connectivity index (χ2n) is 2.45. The Kier molecular flexibility index (Phi) is 2.64. The molecule has 0 saturated carbocycles. The zero-order valence-corrected chi connectivity index (χ0v) is 6.40. The fourth-order valence-corrected chi connectivity index (χ4v) is 1.05. The monoisotopic (exact) mass is 196 g/mol. The van der Waals surface area contributed by atoms with Crippen molar-refractivity contribution in [2.75, 3.05) is 0 Å². The number of rotatable bonds is 2. The number of halogens is 3. The van der Waals surface area contributed by atoms with E-state index in [9.17, 15) is 18.1 Å². The molecule has 1 aliphatic heterocycles. The van der Waals surface area contributed by atoms with Gasteiger partial charge < -0.3 is 5.11 Å². The van der Waals surface area contributed by atoms with Crippen LogP contribution >= 0.6 is 0 Å². The van der Waals surface area contributed by atoms with E-state index in [1.807, 2.05) is 0 Å². The maximum Gasteiger partial charge on any atom is 0.429 e. The predicted octanol–water partition coefficient (Wildman–Crippen LogP) is 1.62. The molecule has 1 atom stereocenters. The van der Waals surface area contributed by atoms with Gasteiger partial charge in [-0.3, -0.25) is 0 Å². The molecule has 1 unspecified atom stereocenters. The minimum atomic E-state index is -2.66. The number of hydrazine groups is 1. The van der Waals surface area contributed by atoms with E-state index in [0.717, 1.165) is 12.3 Å². The molecule has 0 radical (unpaired) electrons. The Bertz CT molecular complexity index is 234. The van der Waals surface area contributed by atoms with E-state index in [-0.39, 0.29) is 10.2 Å². The van der Waals surface area contributed by atoms with Crippen molar-refractivity contribution < 1.29 is 23.2 Å². The molecule has 13 heavy (non-hydrogen) atoms. The van der Waals surface area contributed by atoms with Gasteiger partial charge in [-0.1, -0.05) is 4.48 Å². The lowest BCUT2D eigenvalue weighted by atomic mass is 10.2. The standard InChI is InChI=1S/C6H7F3N2O2/c7-5(8)3-4-1-2-10(9)11(4)6(12)13/h1-2,4-5H,3H2,(H,12,13). The highest BCUT2D eigenvalue weighted by Gasteiger charge is 2.33. The Labute approximate surface area is 71.7 Å². The topological polar surface area (TPSA) is 43.8 Å². The molecular weight excluding hydrogens is 189 g/mol. The van der Waals surface area contributed by atoms with Gasteiger partial charge >= 0.3 is 6.09 Å². The van der Waals surface area contributed by atoms with E-state index in [4.69, 9.17) is 5.11 Å². The summed E-state index contributed by atoms with van der Waals surface area (Å²) in [6, 6.07) is -1.12. The number of carboxylic acid groups (broad SMARTS) is 1. The van der Waals surface area contributed by atoms with E-state index in [0.29, 0.717) is 0 Å². The number of carbonyl (C=O) groups is 1. The lowest BCUT2D eigenvalue weighted by Crippen LogP contribution is -2.41. The Morgan fingerprint density at radius 2 is 2.23 bits per heavy atom. The van der Waals surface area contributed by atoms with Crippen LogP contribution in [0.4, 0.5) is 18.1 Å². The Morgan fingerprint density at radius 3 is 2.69 bits per heavy atom. The molecule has 0 aromatic rings. The smallest absolute Gasteiger partial charge is 0.429 e. The lowest BCUT2D eigenvalue weighted by Gasteiger charge is -2.23. The number of nitrogens with zero attached hydrogens (tertiary/aromatic N) is 2. The van der Waals surface area contributed by atoms with Gasteiger partial charge in [-0.05, 0) is 6.08 Å². The van der Waals surface area contributed by atoms with Crippen molar-refractivity contribution in [2.45, 2.75) is 18.9 Å². The van der Waals surface area contributed by atoms with E-state index in [2.05, 4.69) is 0 Å². The molecule has 0 aliphatic carbocycles. The molecule has 1 aliphatic rings. The first-order valence-corrected chi connectivity index (χ1v) is 3.46. The van der Waals surface area contributed by atoms with E-state index in [1.165, 1.54) is 0 Å². The van der Waals surface area contributed by atoms with E-state index >= 15 is 0 Å². The summed E-state index contributed by atoms with van der Waals surface area (Å²) in [5, 5.41) is 8.40. The molecule has 0 saturated heterocycles. The van der Waals surface area contributed by atoms with Crippen LogP contribution < -0.4 is 0 Å². The minimum Gasteiger partial charge on any atom is -0.464 e. The molecule has 1 amide bonds. The first-order valence-electron chi connectivity index (χ1n) is 3.46. The molecule has 1 heterocycles. The first-order chi connectivity index (χ1) is 6.02. The van der Waals surface area contributed by atoms with Crippen LogP contribution in [0.2, 0.25) is 0 Å². The third kappa shape index (κ3) is 2.04. The average molecular weight is 196 g/mol. The first kappa shape index (κ1) is 9.69. The molecule has 0 bridgehead atoms. The van der Waals surface area contributed by atoms with Crippen LogP contribution in [-0.2, 0) is 0 Å². The van der Waals surface area contributed by atoms with Gasteiger partial charge in [0.25, 0.3) is 0 Å². The third-order valence-corrected chi connectivity index (χ3v) is 1.57. The quantitative estimate of drug-likeness (QED) is 0.682. The zero-order chi connectivity index (χ0) is 10.0. The summed E-state index contributed by atoms with van der Waals surface area (Å²) >= 11 is 0. The molecule has 1 rings (SSSR count). The lowest BCUT2D eigenvalue weighted by molar-refractivity contribution is -0.110. The van der Waals surface area contributed by atoms with Crippen molar-refractivity contribution in [1.82, 2.24) is 10.2 Å². The van der Waals surface area contributed by atoms with Gasteiger partial charge in [0.1, 0.15) is 0 Å². The maximum absolute atomic E-state index is 12.6. The Hall–Kier alpha value is -1.40. The zero-order valence-electron chi connectivity index (χ0n) is 6.40. The number of hydrogen-bond acceptors (Lipinski definition) is 2. The highest BCUT2D eigenvalue weighted by atomic mass is 19.3.